The second-order valence-electron chi connectivity index (χ2n) is 4.25. The molecule has 0 aliphatic rings. The van der Waals surface area contributed by atoms with E-state index in [-0.39, 0.29) is 4.90 Å². The van der Waals surface area contributed by atoms with Crippen LogP contribution in [0.1, 0.15) is 4.88 Å². The Balaban J connectivity index is 2.55. The maximum atomic E-state index is 12.2. The predicted molar refractivity (Wildman–Crippen MR) is 84.5 cm³/mol. The third-order valence-corrected chi connectivity index (χ3v) is 6.40. The van der Waals surface area contributed by atoms with Gasteiger partial charge in [0.1, 0.15) is 4.90 Å². The van der Waals surface area contributed by atoms with Crippen molar-refractivity contribution in [1.29, 1.82) is 0 Å². The van der Waals surface area contributed by atoms with Crippen LogP contribution in [0, 0.1) is 0 Å². The molecule has 1 rings (SSSR count). The Bertz CT molecular complexity index is 519. The standard InChI is InChI=1S/C11H20BrN3O3S2/c1-15(5-6-18-2)4-3-14-20(16,17)10-7-9(8-13)19-11(10)12/h7,14H,3-6,8,13H2,1-2H3. The van der Waals surface area contributed by atoms with Crippen LogP contribution in [0.4, 0.5) is 0 Å². The van der Waals surface area contributed by atoms with E-state index >= 15 is 0 Å². The third-order valence-electron chi connectivity index (χ3n) is 2.66. The first-order valence-corrected chi connectivity index (χ1v) is 9.15. The van der Waals surface area contributed by atoms with Crippen LogP contribution >= 0.6 is 27.3 Å². The number of methoxy groups -OCH3 is 1. The molecule has 3 N–H and O–H groups in total. The third kappa shape index (κ3) is 5.40. The number of hydrogen-bond donors (Lipinski definition) is 2. The van der Waals surface area contributed by atoms with E-state index in [2.05, 4.69) is 20.7 Å². The summed E-state index contributed by atoms with van der Waals surface area (Å²) in [5.74, 6) is 0. The molecule has 6 nitrogen and oxygen atoms in total. The fraction of sp³-hybridized carbons (Fsp3) is 0.636. The van der Waals surface area contributed by atoms with Gasteiger partial charge in [0.25, 0.3) is 0 Å². The van der Waals surface area contributed by atoms with Crippen molar-refractivity contribution in [3.05, 3.63) is 14.7 Å². The molecule has 116 valence electrons. The molecule has 0 aromatic carbocycles. The highest BCUT2D eigenvalue weighted by molar-refractivity contribution is 9.11. The molecule has 0 bridgehead atoms. The Morgan fingerprint density at radius 3 is 2.75 bits per heavy atom. The summed E-state index contributed by atoms with van der Waals surface area (Å²) in [6, 6.07) is 1.60. The molecule has 0 atom stereocenters. The number of hydrogen-bond acceptors (Lipinski definition) is 6. The van der Waals surface area contributed by atoms with Gasteiger partial charge < -0.3 is 15.4 Å². The minimum absolute atomic E-state index is 0.252. The van der Waals surface area contributed by atoms with E-state index in [9.17, 15) is 8.42 Å². The summed E-state index contributed by atoms with van der Waals surface area (Å²) < 4.78 is 32.4. The Morgan fingerprint density at radius 1 is 1.50 bits per heavy atom. The second-order valence-corrected chi connectivity index (χ2v) is 8.44. The predicted octanol–water partition coefficient (Wildman–Crippen LogP) is 0.826. The van der Waals surface area contributed by atoms with Crippen molar-refractivity contribution in [1.82, 2.24) is 9.62 Å². The summed E-state index contributed by atoms with van der Waals surface area (Å²) in [5.41, 5.74) is 5.52. The van der Waals surface area contributed by atoms with E-state index in [1.54, 1.807) is 13.2 Å². The molecule has 0 unspecified atom stereocenters. The normalized spacial score (nSPS) is 12.2. The van der Waals surface area contributed by atoms with Gasteiger partial charge in [0.2, 0.25) is 10.0 Å². The van der Waals surface area contributed by atoms with E-state index in [1.807, 2.05) is 11.9 Å². The molecule has 0 spiro atoms. The Morgan fingerprint density at radius 2 is 2.20 bits per heavy atom. The molecular formula is C11H20BrN3O3S2. The largest absolute Gasteiger partial charge is 0.383 e. The summed E-state index contributed by atoms with van der Waals surface area (Å²) in [5, 5.41) is 0. The average molecular weight is 386 g/mol. The van der Waals surface area contributed by atoms with Gasteiger partial charge in [0, 0.05) is 38.2 Å². The topological polar surface area (TPSA) is 84.7 Å². The first-order chi connectivity index (χ1) is 9.40. The van der Waals surface area contributed by atoms with Gasteiger partial charge in [-0.15, -0.1) is 11.3 Å². The van der Waals surface area contributed by atoms with Crippen molar-refractivity contribution >= 4 is 37.3 Å². The van der Waals surface area contributed by atoms with Gasteiger partial charge in [0.05, 0.1) is 10.4 Å². The highest BCUT2D eigenvalue weighted by Crippen LogP contribution is 2.31. The maximum Gasteiger partial charge on any atom is 0.242 e. The van der Waals surface area contributed by atoms with Crippen molar-refractivity contribution in [2.45, 2.75) is 11.4 Å². The van der Waals surface area contributed by atoms with Crippen molar-refractivity contribution in [2.75, 3.05) is 40.4 Å². The lowest BCUT2D eigenvalue weighted by Gasteiger charge is -2.16. The van der Waals surface area contributed by atoms with E-state index in [4.69, 9.17) is 10.5 Å². The van der Waals surface area contributed by atoms with Gasteiger partial charge in [-0.3, -0.25) is 0 Å². The number of sulfonamides is 1. The molecule has 0 saturated heterocycles. The number of rotatable bonds is 9. The van der Waals surface area contributed by atoms with Crippen molar-refractivity contribution < 1.29 is 13.2 Å². The van der Waals surface area contributed by atoms with Crippen molar-refractivity contribution in [3.63, 3.8) is 0 Å². The van der Waals surface area contributed by atoms with E-state index in [1.165, 1.54) is 11.3 Å². The Labute approximate surface area is 132 Å². The summed E-state index contributed by atoms with van der Waals surface area (Å²) in [7, 11) is 0.0593. The maximum absolute atomic E-state index is 12.2. The van der Waals surface area contributed by atoms with Crippen LogP contribution in [0.2, 0.25) is 0 Å². The number of nitrogens with one attached hydrogen (secondary N) is 1. The van der Waals surface area contributed by atoms with E-state index in [0.29, 0.717) is 30.0 Å². The molecule has 0 amide bonds. The van der Waals surface area contributed by atoms with Crippen LogP contribution in [0.25, 0.3) is 0 Å². The number of nitrogens with two attached hydrogens (primary N) is 1. The molecule has 0 aliphatic carbocycles. The zero-order valence-corrected chi connectivity index (χ0v) is 14.8. The molecule has 0 radical (unpaired) electrons. The lowest BCUT2D eigenvalue weighted by molar-refractivity contribution is 0.162. The van der Waals surface area contributed by atoms with Gasteiger partial charge >= 0.3 is 0 Å². The molecule has 1 aromatic heterocycles. The summed E-state index contributed by atoms with van der Waals surface area (Å²) >= 11 is 4.60. The highest BCUT2D eigenvalue weighted by Gasteiger charge is 2.20. The monoisotopic (exact) mass is 385 g/mol. The summed E-state index contributed by atoms with van der Waals surface area (Å²) in [4.78, 5) is 3.08. The SMILES string of the molecule is COCCN(C)CCNS(=O)(=O)c1cc(CN)sc1Br. The summed E-state index contributed by atoms with van der Waals surface area (Å²) in [6.45, 7) is 2.69. The van der Waals surface area contributed by atoms with Crippen LogP contribution in [0.15, 0.2) is 14.7 Å². The highest BCUT2D eigenvalue weighted by atomic mass is 79.9. The molecule has 0 aliphatic heterocycles. The molecule has 0 fully saturated rings. The average Bonchev–Trinajstić information content (AvgIpc) is 2.78. The van der Waals surface area contributed by atoms with E-state index in [0.717, 1.165) is 11.4 Å². The Hall–Kier alpha value is -0.0300. The number of likely N-dealkylation sites (N-methyl/N-ethyl adjacent to an activating group) is 1. The Kier molecular flexibility index (Phi) is 7.59. The van der Waals surface area contributed by atoms with E-state index < -0.39 is 10.0 Å². The molecular weight excluding hydrogens is 366 g/mol. The van der Waals surface area contributed by atoms with Gasteiger partial charge in [-0.05, 0) is 29.0 Å². The first-order valence-electron chi connectivity index (χ1n) is 6.06. The molecule has 0 saturated carbocycles. The minimum Gasteiger partial charge on any atom is -0.383 e. The fourth-order valence-electron chi connectivity index (χ4n) is 1.49. The van der Waals surface area contributed by atoms with Crippen LogP contribution < -0.4 is 10.5 Å². The van der Waals surface area contributed by atoms with Crippen LogP contribution in [0.5, 0.6) is 0 Å². The lowest BCUT2D eigenvalue weighted by atomic mass is 10.5. The molecule has 1 aromatic rings. The zero-order chi connectivity index (χ0) is 15.2. The van der Waals surface area contributed by atoms with Crippen molar-refractivity contribution in [2.24, 2.45) is 5.73 Å². The fourth-order valence-corrected chi connectivity index (χ4v) is 5.07. The smallest absolute Gasteiger partial charge is 0.242 e. The van der Waals surface area contributed by atoms with Gasteiger partial charge in [-0.1, -0.05) is 0 Å². The lowest BCUT2D eigenvalue weighted by Crippen LogP contribution is -2.34. The van der Waals surface area contributed by atoms with Crippen molar-refractivity contribution in [3.8, 4) is 0 Å². The number of thiophene rings is 1. The van der Waals surface area contributed by atoms with Crippen LogP contribution in [0.3, 0.4) is 0 Å². The van der Waals surface area contributed by atoms with Gasteiger partial charge in [0.15, 0.2) is 0 Å². The quantitative estimate of drug-likeness (QED) is 0.657. The number of nitrogens with zero attached hydrogens (tertiary/aromatic N) is 1. The van der Waals surface area contributed by atoms with Crippen LogP contribution in [-0.2, 0) is 21.3 Å². The minimum atomic E-state index is -3.50. The van der Waals surface area contributed by atoms with Crippen LogP contribution in [-0.4, -0.2) is 53.7 Å². The molecule has 1 heterocycles. The number of halogens is 1. The zero-order valence-electron chi connectivity index (χ0n) is 11.6. The summed E-state index contributed by atoms with van der Waals surface area (Å²) in [6.07, 6.45) is 0. The molecule has 20 heavy (non-hydrogen) atoms. The van der Waals surface area contributed by atoms with Gasteiger partial charge in [-0.2, -0.15) is 0 Å². The first kappa shape index (κ1) is 18.0. The molecule has 9 heteroatoms. The van der Waals surface area contributed by atoms with Gasteiger partial charge in [-0.25, -0.2) is 13.1 Å². The number of ether oxygens (including phenoxy) is 1. The second kappa shape index (κ2) is 8.42.